The fourth-order valence-electron chi connectivity index (χ4n) is 1.39. The summed E-state index contributed by atoms with van der Waals surface area (Å²) in [5.74, 6) is 0.813. The summed E-state index contributed by atoms with van der Waals surface area (Å²) >= 11 is 0. The molecule has 0 saturated carbocycles. The predicted molar refractivity (Wildman–Crippen MR) is 59.6 cm³/mol. The third-order valence-corrected chi connectivity index (χ3v) is 2.04. The highest BCUT2D eigenvalue weighted by Crippen LogP contribution is 2.18. The van der Waals surface area contributed by atoms with Gasteiger partial charge in [-0.2, -0.15) is 5.26 Å². The number of nitrogens with one attached hydrogen (secondary N) is 1. The van der Waals surface area contributed by atoms with E-state index in [0.29, 0.717) is 6.61 Å². The molecule has 0 saturated heterocycles. The van der Waals surface area contributed by atoms with Crippen molar-refractivity contribution in [3.05, 3.63) is 29.8 Å². The van der Waals surface area contributed by atoms with E-state index in [-0.39, 0.29) is 6.04 Å². The first-order valence-corrected chi connectivity index (χ1v) is 5.17. The van der Waals surface area contributed by atoms with Crippen LogP contribution >= 0.6 is 0 Å². The molecular formula is C12H16N2O. The van der Waals surface area contributed by atoms with E-state index < -0.39 is 0 Å². The van der Waals surface area contributed by atoms with Crippen LogP contribution < -0.4 is 10.1 Å². The largest absolute Gasteiger partial charge is 0.494 e. The van der Waals surface area contributed by atoms with Crippen LogP contribution in [0.4, 0.5) is 0 Å². The van der Waals surface area contributed by atoms with Crippen LogP contribution in [0.5, 0.6) is 5.75 Å². The zero-order chi connectivity index (χ0) is 11.1. The van der Waals surface area contributed by atoms with Crippen LogP contribution in [-0.4, -0.2) is 13.2 Å². The molecule has 1 rings (SSSR count). The Bertz CT molecular complexity index is 344. The number of rotatable bonds is 5. The molecule has 0 aliphatic rings. The molecule has 1 atom stereocenters. The first-order chi connectivity index (χ1) is 7.31. The minimum Gasteiger partial charge on any atom is -0.494 e. The molecule has 1 aromatic rings. The Morgan fingerprint density at radius 1 is 1.47 bits per heavy atom. The molecule has 0 radical (unpaired) electrons. The van der Waals surface area contributed by atoms with Crippen molar-refractivity contribution in [3.63, 3.8) is 0 Å². The van der Waals surface area contributed by atoms with Crippen LogP contribution in [0.15, 0.2) is 24.3 Å². The molecule has 0 aliphatic heterocycles. The average Bonchev–Trinajstić information content (AvgIpc) is 2.27. The van der Waals surface area contributed by atoms with Crippen molar-refractivity contribution in [2.45, 2.75) is 19.9 Å². The molecule has 0 aromatic heterocycles. The van der Waals surface area contributed by atoms with Crippen molar-refractivity contribution in [2.75, 3.05) is 13.2 Å². The second kappa shape index (κ2) is 6.05. The van der Waals surface area contributed by atoms with Gasteiger partial charge in [0.05, 0.1) is 12.7 Å². The van der Waals surface area contributed by atoms with Gasteiger partial charge in [0.1, 0.15) is 11.8 Å². The minimum atomic E-state index is -0.254. The normalized spacial score (nSPS) is 11.8. The van der Waals surface area contributed by atoms with Crippen LogP contribution in [0.1, 0.15) is 25.5 Å². The van der Waals surface area contributed by atoms with Crippen molar-refractivity contribution in [3.8, 4) is 11.8 Å². The quantitative estimate of drug-likeness (QED) is 0.800. The SMILES string of the molecule is CCNC(C#N)c1cccc(OCC)c1. The maximum Gasteiger partial charge on any atom is 0.121 e. The number of hydrogen-bond acceptors (Lipinski definition) is 3. The van der Waals surface area contributed by atoms with Crippen LogP contribution in [0.2, 0.25) is 0 Å². The van der Waals surface area contributed by atoms with Crippen molar-refractivity contribution < 1.29 is 4.74 Å². The van der Waals surface area contributed by atoms with Crippen molar-refractivity contribution in [1.29, 1.82) is 5.26 Å². The van der Waals surface area contributed by atoms with Crippen molar-refractivity contribution in [1.82, 2.24) is 5.32 Å². The molecule has 1 N–H and O–H groups in total. The lowest BCUT2D eigenvalue weighted by Crippen LogP contribution is -2.19. The second-order valence-corrected chi connectivity index (χ2v) is 3.13. The highest BCUT2D eigenvalue weighted by atomic mass is 16.5. The lowest BCUT2D eigenvalue weighted by molar-refractivity contribution is 0.339. The smallest absolute Gasteiger partial charge is 0.121 e. The molecule has 3 nitrogen and oxygen atoms in total. The number of ether oxygens (including phenoxy) is 1. The maximum absolute atomic E-state index is 8.98. The highest BCUT2D eigenvalue weighted by Gasteiger charge is 2.08. The first kappa shape index (κ1) is 11.5. The van der Waals surface area contributed by atoms with Crippen LogP contribution in [-0.2, 0) is 0 Å². The molecule has 0 aliphatic carbocycles. The topological polar surface area (TPSA) is 45.0 Å². The zero-order valence-electron chi connectivity index (χ0n) is 9.16. The molecule has 15 heavy (non-hydrogen) atoms. The summed E-state index contributed by atoms with van der Waals surface area (Å²) < 4.78 is 5.38. The summed E-state index contributed by atoms with van der Waals surface area (Å²) in [6.45, 7) is 5.34. The summed E-state index contributed by atoms with van der Waals surface area (Å²) in [6, 6.07) is 9.60. The third-order valence-electron chi connectivity index (χ3n) is 2.04. The van der Waals surface area contributed by atoms with E-state index in [1.165, 1.54) is 0 Å². The van der Waals surface area contributed by atoms with Crippen LogP contribution in [0.25, 0.3) is 0 Å². The standard InChI is InChI=1S/C12H16N2O/c1-3-14-12(9-13)10-6-5-7-11(8-10)15-4-2/h5-8,12,14H,3-4H2,1-2H3. The van der Waals surface area contributed by atoms with Gasteiger partial charge in [-0.15, -0.1) is 0 Å². The number of hydrogen-bond donors (Lipinski definition) is 1. The highest BCUT2D eigenvalue weighted by molar-refractivity contribution is 5.33. The van der Waals surface area contributed by atoms with Crippen molar-refractivity contribution >= 4 is 0 Å². The molecule has 1 unspecified atom stereocenters. The summed E-state index contributed by atoms with van der Waals surface area (Å²) in [5.41, 5.74) is 0.949. The van der Waals surface area contributed by atoms with Gasteiger partial charge in [0.2, 0.25) is 0 Å². The van der Waals surface area contributed by atoms with E-state index in [4.69, 9.17) is 10.00 Å². The fourth-order valence-corrected chi connectivity index (χ4v) is 1.39. The van der Waals surface area contributed by atoms with E-state index in [0.717, 1.165) is 17.9 Å². The van der Waals surface area contributed by atoms with Gasteiger partial charge >= 0.3 is 0 Å². The number of benzene rings is 1. The number of nitrogens with zero attached hydrogens (tertiary/aromatic N) is 1. The molecule has 3 heteroatoms. The molecule has 0 amide bonds. The Labute approximate surface area is 90.7 Å². The van der Waals surface area contributed by atoms with E-state index in [2.05, 4.69) is 11.4 Å². The van der Waals surface area contributed by atoms with E-state index >= 15 is 0 Å². The van der Waals surface area contributed by atoms with Gasteiger partial charge in [-0.05, 0) is 31.2 Å². The number of nitriles is 1. The average molecular weight is 204 g/mol. The Balaban J connectivity index is 2.83. The van der Waals surface area contributed by atoms with Gasteiger partial charge in [0.25, 0.3) is 0 Å². The van der Waals surface area contributed by atoms with Gasteiger partial charge in [0, 0.05) is 0 Å². The predicted octanol–water partition coefficient (Wildman–Crippen LogP) is 2.26. The van der Waals surface area contributed by atoms with Gasteiger partial charge in [-0.25, -0.2) is 0 Å². The van der Waals surface area contributed by atoms with Gasteiger partial charge in [-0.1, -0.05) is 19.1 Å². The van der Waals surface area contributed by atoms with Crippen LogP contribution in [0, 0.1) is 11.3 Å². The summed E-state index contributed by atoms with van der Waals surface area (Å²) in [4.78, 5) is 0. The van der Waals surface area contributed by atoms with E-state index in [1.54, 1.807) is 0 Å². The summed E-state index contributed by atoms with van der Waals surface area (Å²) in [5, 5.41) is 12.1. The Morgan fingerprint density at radius 2 is 2.27 bits per heavy atom. The lowest BCUT2D eigenvalue weighted by Gasteiger charge is -2.11. The second-order valence-electron chi connectivity index (χ2n) is 3.13. The maximum atomic E-state index is 8.98. The molecule has 0 bridgehead atoms. The van der Waals surface area contributed by atoms with Gasteiger partial charge in [-0.3, -0.25) is 5.32 Å². The molecule has 1 aromatic carbocycles. The van der Waals surface area contributed by atoms with E-state index in [9.17, 15) is 0 Å². The zero-order valence-corrected chi connectivity index (χ0v) is 9.16. The van der Waals surface area contributed by atoms with Crippen LogP contribution in [0.3, 0.4) is 0 Å². The Kier molecular flexibility index (Phi) is 4.65. The lowest BCUT2D eigenvalue weighted by atomic mass is 10.1. The monoisotopic (exact) mass is 204 g/mol. The third kappa shape index (κ3) is 3.26. The van der Waals surface area contributed by atoms with E-state index in [1.807, 2.05) is 38.1 Å². The molecular weight excluding hydrogens is 188 g/mol. The summed E-state index contributed by atoms with van der Waals surface area (Å²) in [6.07, 6.45) is 0. The molecule has 0 spiro atoms. The van der Waals surface area contributed by atoms with Gasteiger partial charge in [0.15, 0.2) is 0 Å². The minimum absolute atomic E-state index is 0.254. The molecule has 80 valence electrons. The molecule has 0 fully saturated rings. The molecule has 0 heterocycles. The Morgan fingerprint density at radius 3 is 2.87 bits per heavy atom. The van der Waals surface area contributed by atoms with Gasteiger partial charge < -0.3 is 4.74 Å². The van der Waals surface area contributed by atoms with Crippen molar-refractivity contribution in [2.24, 2.45) is 0 Å². The Hall–Kier alpha value is -1.53. The summed E-state index contributed by atoms with van der Waals surface area (Å²) in [7, 11) is 0. The first-order valence-electron chi connectivity index (χ1n) is 5.17. The fraction of sp³-hybridized carbons (Fsp3) is 0.417.